The number of carbonyl (C=O) groups is 1. The Bertz CT molecular complexity index is 846. The lowest BCUT2D eigenvalue weighted by molar-refractivity contribution is -0.137. The van der Waals surface area contributed by atoms with Gasteiger partial charge in [0.1, 0.15) is 5.52 Å². The number of nitrogens with one attached hydrogen (secondary N) is 1. The summed E-state index contributed by atoms with van der Waals surface area (Å²) in [5.41, 5.74) is -0.694. The van der Waals surface area contributed by atoms with Gasteiger partial charge in [0.25, 0.3) is 0 Å². The predicted octanol–water partition coefficient (Wildman–Crippen LogP) is 5.54. The smallest absolute Gasteiger partial charge is 0.416 e. The first-order valence-corrected chi connectivity index (χ1v) is 8.99. The summed E-state index contributed by atoms with van der Waals surface area (Å²) in [6.45, 7) is 2.24. The van der Waals surface area contributed by atoms with Crippen molar-refractivity contribution in [2.24, 2.45) is 10.8 Å². The van der Waals surface area contributed by atoms with Crippen molar-refractivity contribution in [3.8, 4) is 0 Å². The van der Waals surface area contributed by atoms with E-state index in [0.717, 1.165) is 57.1 Å². The summed E-state index contributed by atoms with van der Waals surface area (Å²) in [5.74, 6) is -0.120. The van der Waals surface area contributed by atoms with Crippen LogP contribution >= 0.6 is 0 Å². The SMILES string of the molecule is CC12CCCC(C(=O)Nc3nc4ccc(C(F)(F)F)cc4o3)(CCC1)C2. The van der Waals surface area contributed by atoms with E-state index in [2.05, 4.69) is 17.2 Å². The molecule has 1 N–H and O–H groups in total. The number of hydrogen-bond donors (Lipinski definition) is 1. The van der Waals surface area contributed by atoms with E-state index in [-0.39, 0.29) is 22.9 Å². The number of hydrogen-bond acceptors (Lipinski definition) is 3. The standard InChI is InChI=1S/C19H21F3N2O2/c1-17-6-2-8-18(11-17,9-3-7-17)15(25)24-16-23-13-5-4-12(19(20,21)22)10-14(13)26-16/h4-5,10H,2-3,6-9,11H2,1H3,(H,23,24,25). The molecule has 1 amide bonds. The van der Waals surface area contributed by atoms with E-state index < -0.39 is 17.2 Å². The molecule has 4 nitrogen and oxygen atoms in total. The van der Waals surface area contributed by atoms with Gasteiger partial charge in [0.15, 0.2) is 5.58 Å². The maximum absolute atomic E-state index is 13.0. The van der Waals surface area contributed by atoms with Crippen LogP contribution in [0.25, 0.3) is 11.1 Å². The lowest BCUT2D eigenvalue weighted by Crippen LogP contribution is -2.46. The van der Waals surface area contributed by atoms with E-state index >= 15 is 0 Å². The van der Waals surface area contributed by atoms with Crippen LogP contribution < -0.4 is 5.32 Å². The molecule has 0 atom stereocenters. The minimum Gasteiger partial charge on any atom is -0.423 e. The molecule has 2 aliphatic rings. The number of carbonyl (C=O) groups excluding carboxylic acids is 1. The molecule has 0 unspecified atom stereocenters. The molecule has 7 heteroatoms. The Hall–Kier alpha value is -2.05. The van der Waals surface area contributed by atoms with Gasteiger partial charge in [-0.1, -0.05) is 19.8 Å². The molecule has 26 heavy (non-hydrogen) atoms. The third kappa shape index (κ3) is 2.97. The molecule has 140 valence electrons. The molecule has 2 aromatic rings. The summed E-state index contributed by atoms with van der Waals surface area (Å²) in [7, 11) is 0. The molecule has 4 rings (SSSR count). The predicted molar refractivity (Wildman–Crippen MR) is 90.5 cm³/mol. The third-order valence-corrected chi connectivity index (χ3v) is 6.05. The van der Waals surface area contributed by atoms with E-state index in [1.165, 1.54) is 6.07 Å². The fourth-order valence-corrected chi connectivity index (χ4v) is 4.82. The lowest BCUT2D eigenvalue weighted by Gasteiger charge is -2.49. The number of benzene rings is 1. The minimum absolute atomic E-state index is 0.0183. The largest absolute Gasteiger partial charge is 0.423 e. The second-order valence-corrected chi connectivity index (χ2v) is 8.13. The van der Waals surface area contributed by atoms with Crippen LogP contribution in [0.5, 0.6) is 0 Å². The van der Waals surface area contributed by atoms with Gasteiger partial charge in [0.2, 0.25) is 5.91 Å². The highest BCUT2D eigenvalue weighted by Gasteiger charge is 2.49. The molecule has 1 heterocycles. The second-order valence-electron chi connectivity index (χ2n) is 8.13. The summed E-state index contributed by atoms with van der Waals surface area (Å²) in [5, 5.41) is 2.72. The Labute approximate surface area is 149 Å². The maximum Gasteiger partial charge on any atom is 0.416 e. The van der Waals surface area contributed by atoms with Crippen molar-refractivity contribution in [1.29, 1.82) is 0 Å². The lowest BCUT2D eigenvalue weighted by atomic mass is 9.55. The number of alkyl halides is 3. The number of amides is 1. The molecule has 0 radical (unpaired) electrons. The molecule has 0 aliphatic heterocycles. The van der Waals surface area contributed by atoms with Gasteiger partial charge < -0.3 is 4.42 Å². The molecule has 1 aromatic carbocycles. The Morgan fingerprint density at radius 3 is 2.54 bits per heavy atom. The Morgan fingerprint density at radius 2 is 1.88 bits per heavy atom. The van der Waals surface area contributed by atoms with Crippen LogP contribution in [0, 0.1) is 10.8 Å². The molecule has 0 saturated heterocycles. The zero-order valence-corrected chi connectivity index (χ0v) is 14.6. The van der Waals surface area contributed by atoms with Gasteiger partial charge in [-0.3, -0.25) is 10.1 Å². The highest BCUT2D eigenvalue weighted by molar-refractivity contribution is 5.94. The molecular weight excluding hydrogens is 345 g/mol. The highest BCUT2D eigenvalue weighted by atomic mass is 19.4. The van der Waals surface area contributed by atoms with Gasteiger partial charge in [-0.15, -0.1) is 0 Å². The minimum atomic E-state index is -4.45. The van der Waals surface area contributed by atoms with Gasteiger partial charge in [-0.05, 0) is 55.7 Å². The molecule has 0 spiro atoms. The Morgan fingerprint density at radius 1 is 1.19 bits per heavy atom. The summed E-state index contributed by atoms with van der Waals surface area (Å²) >= 11 is 0. The third-order valence-electron chi connectivity index (χ3n) is 6.05. The van der Waals surface area contributed by atoms with Crippen molar-refractivity contribution in [3.05, 3.63) is 23.8 Å². The first kappa shape index (κ1) is 17.4. The fourth-order valence-electron chi connectivity index (χ4n) is 4.82. The van der Waals surface area contributed by atoms with Crippen LogP contribution in [0.2, 0.25) is 0 Å². The van der Waals surface area contributed by atoms with Crippen molar-refractivity contribution in [2.45, 2.75) is 58.0 Å². The van der Waals surface area contributed by atoms with E-state index in [4.69, 9.17) is 4.42 Å². The number of anilines is 1. The summed E-state index contributed by atoms with van der Waals surface area (Å²) in [6, 6.07) is 3.10. The fraction of sp³-hybridized carbons (Fsp3) is 0.579. The average Bonchev–Trinajstić information content (AvgIpc) is 2.94. The van der Waals surface area contributed by atoms with Crippen LogP contribution in [-0.4, -0.2) is 10.9 Å². The quantitative estimate of drug-likeness (QED) is 0.760. The van der Waals surface area contributed by atoms with Crippen LogP contribution in [0.3, 0.4) is 0 Å². The van der Waals surface area contributed by atoms with Gasteiger partial charge >= 0.3 is 12.2 Å². The van der Waals surface area contributed by atoms with E-state index in [1.807, 2.05) is 0 Å². The molecule has 2 saturated carbocycles. The first-order chi connectivity index (χ1) is 12.2. The number of halogens is 3. The van der Waals surface area contributed by atoms with Crippen molar-refractivity contribution >= 4 is 23.0 Å². The number of aromatic nitrogens is 1. The molecule has 2 bridgehead atoms. The van der Waals surface area contributed by atoms with Crippen LogP contribution in [-0.2, 0) is 11.0 Å². The average molecular weight is 366 g/mol. The summed E-state index contributed by atoms with van der Waals surface area (Å²) < 4.78 is 43.8. The van der Waals surface area contributed by atoms with Crippen LogP contribution in [0.4, 0.5) is 19.2 Å². The molecule has 2 aliphatic carbocycles. The first-order valence-electron chi connectivity index (χ1n) is 8.99. The van der Waals surface area contributed by atoms with Crippen LogP contribution in [0.15, 0.2) is 22.6 Å². The monoisotopic (exact) mass is 366 g/mol. The number of nitrogens with zero attached hydrogens (tertiary/aromatic N) is 1. The van der Waals surface area contributed by atoms with E-state index in [9.17, 15) is 18.0 Å². The molecular formula is C19H21F3N2O2. The van der Waals surface area contributed by atoms with Crippen molar-refractivity contribution < 1.29 is 22.4 Å². The maximum atomic E-state index is 13.0. The Balaban J connectivity index is 1.58. The summed E-state index contributed by atoms with van der Waals surface area (Å²) in [6.07, 6.45) is 2.41. The van der Waals surface area contributed by atoms with Crippen molar-refractivity contribution in [2.75, 3.05) is 5.32 Å². The Kier molecular flexibility index (Phi) is 3.82. The molecule has 2 fully saturated rings. The molecule has 1 aromatic heterocycles. The topological polar surface area (TPSA) is 55.1 Å². The van der Waals surface area contributed by atoms with Gasteiger partial charge in [-0.2, -0.15) is 18.2 Å². The zero-order chi connectivity index (χ0) is 18.6. The van der Waals surface area contributed by atoms with Crippen LogP contribution in [0.1, 0.15) is 57.4 Å². The number of fused-ring (bicyclic) bond motifs is 3. The van der Waals surface area contributed by atoms with Gasteiger partial charge in [0, 0.05) is 0 Å². The second kappa shape index (κ2) is 5.72. The number of rotatable bonds is 2. The summed E-state index contributed by atoms with van der Waals surface area (Å²) in [4.78, 5) is 17.1. The van der Waals surface area contributed by atoms with E-state index in [0.29, 0.717) is 5.52 Å². The number of oxazole rings is 1. The van der Waals surface area contributed by atoms with Gasteiger partial charge in [-0.25, -0.2) is 0 Å². The van der Waals surface area contributed by atoms with Gasteiger partial charge in [0.05, 0.1) is 11.0 Å². The zero-order valence-electron chi connectivity index (χ0n) is 14.6. The van der Waals surface area contributed by atoms with Crippen molar-refractivity contribution in [1.82, 2.24) is 4.98 Å². The highest BCUT2D eigenvalue weighted by Crippen LogP contribution is 2.55. The van der Waals surface area contributed by atoms with E-state index in [1.54, 1.807) is 0 Å². The van der Waals surface area contributed by atoms with Crippen molar-refractivity contribution in [3.63, 3.8) is 0 Å². The normalized spacial score (nSPS) is 28.9.